The number of carbonyl (C=O) groups excluding carboxylic acids is 1. The second kappa shape index (κ2) is 6.02. The monoisotopic (exact) mass is 266 g/mol. The van der Waals surface area contributed by atoms with Crippen molar-refractivity contribution in [3.8, 4) is 0 Å². The van der Waals surface area contributed by atoms with Gasteiger partial charge in [0.05, 0.1) is 6.10 Å². The SMILES string of the molecule is CCC1CN(C(=O)Nc2cccc(F)c2)CCC1O. The molecular weight excluding hydrogens is 247 g/mol. The highest BCUT2D eigenvalue weighted by Gasteiger charge is 2.28. The van der Waals surface area contributed by atoms with Gasteiger partial charge in [-0.3, -0.25) is 0 Å². The van der Waals surface area contributed by atoms with Crippen LogP contribution in [0.25, 0.3) is 0 Å². The van der Waals surface area contributed by atoms with Gasteiger partial charge in [0.25, 0.3) is 0 Å². The highest BCUT2D eigenvalue weighted by atomic mass is 19.1. The molecular formula is C14H19FN2O2. The molecule has 2 N–H and O–H groups in total. The first-order chi connectivity index (χ1) is 9.10. The van der Waals surface area contributed by atoms with Gasteiger partial charge < -0.3 is 15.3 Å². The number of nitrogens with one attached hydrogen (secondary N) is 1. The standard InChI is InChI=1S/C14H19FN2O2/c1-2-10-9-17(7-6-13(10)18)14(19)16-12-5-3-4-11(15)8-12/h3-5,8,10,13,18H,2,6-7,9H2,1H3,(H,16,19). The molecule has 2 rings (SSSR count). The molecule has 2 amide bonds. The van der Waals surface area contributed by atoms with Gasteiger partial charge in [0.15, 0.2) is 0 Å². The van der Waals surface area contributed by atoms with E-state index in [9.17, 15) is 14.3 Å². The molecule has 0 spiro atoms. The Hall–Kier alpha value is -1.62. The zero-order valence-corrected chi connectivity index (χ0v) is 11.0. The molecule has 1 saturated heterocycles. The molecule has 1 aromatic rings. The smallest absolute Gasteiger partial charge is 0.321 e. The highest BCUT2D eigenvalue weighted by molar-refractivity contribution is 5.89. The van der Waals surface area contributed by atoms with Crippen LogP contribution in [-0.4, -0.2) is 35.2 Å². The summed E-state index contributed by atoms with van der Waals surface area (Å²) in [4.78, 5) is 13.7. The minimum Gasteiger partial charge on any atom is -0.393 e. The molecule has 19 heavy (non-hydrogen) atoms. The van der Waals surface area contributed by atoms with Crippen molar-refractivity contribution in [2.75, 3.05) is 18.4 Å². The Bertz CT molecular complexity index is 453. The van der Waals surface area contributed by atoms with Gasteiger partial charge in [-0.05, 0) is 31.0 Å². The molecule has 104 valence electrons. The van der Waals surface area contributed by atoms with Crippen LogP contribution in [0.5, 0.6) is 0 Å². The fraction of sp³-hybridized carbons (Fsp3) is 0.500. The van der Waals surface area contributed by atoms with Crippen molar-refractivity contribution in [1.82, 2.24) is 4.90 Å². The summed E-state index contributed by atoms with van der Waals surface area (Å²) in [5, 5.41) is 12.5. The van der Waals surface area contributed by atoms with E-state index in [4.69, 9.17) is 0 Å². The largest absolute Gasteiger partial charge is 0.393 e. The number of aliphatic hydroxyl groups excluding tert-OH is 1. The van der Waals surface area contributed by atoms with E-state index in [0.717, 1.165) is 6.42 Å². The van der Waals surface area contributed by atoms with Crippen molar-refractivity contribution in [1.29, 1.82) is 0 Å². The first-order valence-corrected chi connectivity index (χ1v) is 6.59. The Morgan fingerprint density at radius 3 is 3.05 bits per heavy atom. The number of likely N-dealkylation sites (tertiary alicyclic amines) is 1. The van der Waals surface area contributed by atoms with Crippen molar-refractivity contribution in [3.05, 3.63) is 30.1 Å². The van der Waals surface area contributed by atoms with Crippen LogP contribution in [0, 0.1) is 11.7 Å². The zero-order chi connectivity index (χ0) is 13.8. The summed E-state index contributed by atoms with van der Waals surface area (Å²) in [7, 11) is 0. The average Bonchev–Trinajstić information content (AvgIpc) is 2.39. The molecule has 0 aliphatic carbocycles. The van der Waals surface area contributed by atoms with Gasteiger partial charge in [-0.1, -0.05) is 13.0 Å². The lowest BCUT2D eigenvalue weighted by atomic mass is 9.93. The van der Waals surface area contributed by atoms with Crippen molar-refractivity contribution in [3.63, 3.8) is 0 Å². The molecule has 2 unspecified atom stereocenters. The number of anilines is 1. The number of urea groups is 1. The Balaban J connectivity index is 1.97. The van der Waals surface area contributed by atoms with Gasteiger partial charge in [0.1, 0.15) is 5.82 Å². The van der Waals surface area contributed by atoms with Crippen molar-refractivity contribution in [2.24, 2.45) is 5.92 Å². The molecule has 1 heterocycles. The molecule has 4 nitrogen and oxygen atoms in total. The van der Waals surface area contributed by atoms with Crippen LogP contribution in [0.4, 0.5) is 14.9 Å². The highest BCUT2D eigenvalue weighted by Crippen LogP contribution is 2.21. The molecule has 1 aliphatic heterocycles. The number of carbonyl (C=O) groups is 1. The minimum atomic E-state index is -0.377. The number of rotatable bonds is 2. The van der Waals surface area contributed by atoms with E-state index < -0.39 is 0 Å². The summed E-state index contributed by atoms with van der Waals surface area (Å²) in [6.07, 6.45) is 1.10. The lowest BCUT2D eigenvalue weighted by Crippen LogP contribution is -2.47. The number of benzene rings is 1. The number of aliphatic hydroxyl groups is 1. The summed E-state index contributed by atoms with van der Waals surface area (Å²) in [6, 6.07) is 5.58. The normalized spacial score (nSPS) is 23.2. The van der Waals surface area contributed by atoms with Crippen molar-refractivity contribution in [2.45, 2.75) is 25.9 Å². The van der Waals surface area contributed by atoms with E-state index in [1.54, 1.807) is 17.0 Å². The Morgan fingerprint density at radius 2 is 2.37 bits per heavy atom. The van der Waals surface area contributed by atoms with E-state index in [0.29, 0.717) is 25.2 Å². The van der Waals surface area contributed by atoms with Gasteiger partial charge in [-0.2, -0.15) is 0 Å². The maximum Gasteiger partial charge on any atom is 0.321 e. The average molecular weight is 266 g/mol. The van der Waals surface area contributed by atoms with Gasteiger partial charge in [0.2, 0.25) is 0 Å². The maximum atomic E-state index is 13.0. The molecule has 0 bridgehead atoms. The summed E-state index contributed by atoms with van der Waals surface area (Å²) in [5.74, 6) is -0.259. The third-order valence-electron chi connectivity index (χ3n) is 3.58. The summed E-state index contributed by atoms with van der Waals surface area (Å²) >= 11 is 0. The number of hydrogen-bond acceptors (Lipinski definition) is 2. The number of amides is 2. The Kier molecular flexibility index (Phi) is 4.37. The van der Waals surface area contributed by atoms with Gasteiger partial charge >= 0.3 is 6.03 Å². The van der Waals surface area contributed by atoms with E-state index in [1.165, 1.54) is 12.1 Å². The maximum absolute atomic E-state index is 13.0. The Labute approximate surface area is 112 Å². The lowest BCUT2D eigenvalue weighted by molar-refractivity contribution is 0.0405. The molecule has 1 aliphatic rings. The third-order valence-corrected chi connectivity index (χ3v) is 3.58. The molecule has 2 atom stereocenters. The number of piperidine rings is 1. The fourth-order valence-corrected chi connectivity index (χ4v) is 2.37. The van der Waals surface area contributed by atoms with Crippen LogP contribution in [0.2, 0.25) is 0 Å². The summed E-state index contributed by atoms with van der Waals surface area (Å²) in [5.41, 5.74) is 0.448. The molecule has 0 saturated carbocycles. The van der Waals surface area contributed by atoms with Crippen molar-refractivity contribution >= 4 is 11.7 Å². The summed E-state index contributed by atoms with van der Waals surface area (Å²) in [6.45, 7) is 3.07. The minimum absolute atomic E-state index is 0.118. The number of halogens is 1. The molecule has 1 aromatic carbocycles. The van der Waals surface area contributed by atoms with E-state index >= 15 is 0 Å². The predicted molar refractivity (Wildman–Crippen MR) is 71.4 cm³/mol. The van der Waals surface area contributed by atoms with Crippen LogP contribution < -0.4 is 5.32 Å². The third kappa shape index (κ3) is 3.44. The van der Waals surface area contributed by atoms with E-state index in [-0.39, 0.29) is 23.9 Å². The lowest BCUT2D eigenvalue weighted by Gasteiger charge is -2.35. The topological polar surface area (TPSA) is 52.6 Å². The fourth-order valence-electron chi connectivity index (χ4n) is 2.37. The second-order valence-electron chi connectivity index (χ2n) is 4.91. The van der Waals surface area contributed by atoms with E-state index in [2.05, 4.69) is 5.32 Å². The Morgan fingerprint density at radius 1 is 1.58 bits per heavy atom. The van der Waals surface area contributed by atoms with E-state index in [1.807, 2.05) is 6.92 Å². The number of hydrogen-bond donors (Lipinski definition) is 2. The molecule has 5 heteroatoms. The van der Waals surface area contributed by atoms with Gasteiger partial charge in [-0.25, -0.2) is 9.18 Å². The van der Waals surface area contributed by atoms with Crippen molar-refractivity contribution < 1.29 is 14.3 Å². The van der Waals surface area contributed by atoms with Crippen LogP contribution in [-0.2, 0) is 0 Å². The zero-order valence-electron chi connectivity index (χ0n) is 11.0. The molecule has 0 aromatic heterocycles. The van der Waals surface area contributed by atoms with Crippen LogP contribution in [0.3, 0.4) is 0 Å². The van der Waals surface area contributed by atoms with Crippen LogP contribution in [0.15, 0.2) is 24.3 Å². The van der Waals surface area contributed by atoms with Gasteiger partial charge in [-0.15, -0.1) is 0 Å². The summed E-state index contributed by atoms with van der Waals surface area (Å²) < 4.78 is 13.0. The van der Waals surface area contributed by atoms with Crippen LogP contribution in [0.1, 0.15) is 19.8 Å². The number of nitrogens with zero attached hydrogens (tertiary/aromatic N) is 1. The molecule has 1 fully saturated rings. The van der Waals surface area contributed by atoms with Crippen LogP contribution >= 0.6 is 0 Å². The molecule has 0 radical (unpaired) electrons. The first kappa shape index (κ1) is 13.8. The van der Waals surface area contributed by atoms with Gasteiger partial charge in [0, 0.05) is 24.7 Å². The predicted octanol–water partition coefficient (Wildman–Crippen LogP) is 2.45. The second-order valence-corrected chi connectivity index (χ2v) is 4.91. The quantitative estimate of drug-likeness (QED) is 0.864. The first-order valence-electron chi connectivity index (χ1n) is 6.59.